The van der Waals surface area contributed by atoms with Crippen LogP contribution in [0.25, 0.3) is 0 Å². The molecule has 0 heterocycles. The highest BCUT2D eigenvalue weighted by molar-refractivity contribution is 6.82. The fourth-order valence-electron chi connectivity index (χ4n) is 11.8. The zero-order valence-corrected chi connectivity index (χ0v) is 33.7. The Morgan fingerprint density at radius 1 is 0.509 bits per heavy atom. The lowest BCUT2D eigenvalue weighted by Gasteiger charge is -2.49. The third-order valence-electron chi connectivity index (χ3n) is 13.9. The normalized spacial score (nSPS) is 33.1. The molecule has 6 aliphatic rings. The molecular weight excluding hydrogens is 657 g/mol. The predicted octanol–water partition coefficient (Wildman–Crippen LogP) is 12.9. The van der Waals surface area contributed by atoms with Gasteiger partial charge in [-0.05, 0) is 121 Å². The standard InChI is InChI=1S/C51H62OSi/c1-51(2,3)52-31-17-5-6-18-32-53(4,49-45-25-15-13-23-41(45)43-29-27-39(35-47(43)49)33-37-19-9-7-10-20-37)50-46-26-16-14-24-42(46)44-30-28-40(36-48(44)50)34-38-21-11-8-12-22-38/h7-16,19-30,35-36,41-50H,5-6,17-18,31-34H2,1-4H3. The van der Waals surface area contributed by atoms with Gasteiger partial charge in [0.2, 0.25) is 0 Å². The number of allylic oxidation sites excluding steroid dienone is 16. The van der Waals surface area contributed by atoms with Crippen molar-refractivity contribution in [2.24, 2.45) is 47.3 Å². The molecule has 6 aliphatic carbocycles. The molecule has 0 radical (unpaired) electrons. The summed E-state index contributed by atoms with van der Waals surface area (Å²) in [4.78, 5) is 0. The van der Waals surface area contributed by atoms with Gasteiger partial charge in [-0.25, -0.2) is 0 Å². The second-order valence-electron chi connectivity index (χ2n) is 18.4. The Morgan fingerprint density at radius 3 is 1.42 bits per heavy atom. The molecule has 2 saturated carbocycles. The van der Waals surface area contributed by atoms with E-state index in [0.717, 1.165) is 30.5 Å². The Balaban J connectivity index is 1.16. The van der Waals surface area contributed by atoms with E-state index < -0.39 is 8.07 Å². The molecule has 2 heteroatoms. The summed E-state index contributed by atoms with van der Waals surface area (Å²) in [6, 6.07) is 23.7. The van der Waals surface area contributed by atoms with Crippen molar-refractivity contribution >= 4 is 8.07 Å². The fourth-order valence-corrected chi connectivity index (χ4v) is 18.8. The summed E-state index contributed by atoms with van der Waals surface area (Å²) in [5, 5.41) is 0. The number of hydrogen-bond donors (Lipinski definition) is 0. The molecule has 10 atom stereocenters. The average Bonchev–Trinajstić information content (AvgIpc) is 3.68. The van der Waals surface area contributed by atoms with Crippen molar-refractivity contribution in [3.05, 3.63) is 168 Å². The summed E-state index contributed by atoms with van der Waals surface area (Å²) in [7, 11) is -2.02. The third-order valence-corrected chi connectivity index (χ3v) is 19.9. The molecule has 1 nitrogen and oxygen atoms in total. The number of rotatable bonds is 13. The van der Waals surface area contributed by atoms with Crippen LogP contribution < -0.4 is 0 Å². The van der Waals surface area contributed by atoms with Crippen LogP contribution in [0.2, 0.25) is 23.7 Å². The van der Waals surface area contributed by atoms with Crippen molar-refractivity contribution in [3.63, 3.8) is 0 Å². The quantitative estimate of drug-likeness (QED) is 0.148. The SMILES string of the molecule is CC(C)(C)OCCCCCC[Si](C)(C1C2C=CC=CC2C2C=CC(Cc3ccccc3)=CC21)C1C2C=CC=CC2C2C=CC(Cc3ccccc3)=CC21. The van der Waals surface area contributed by atoms with Crippen LogP contribution in [-0.2, 0) is 17.6 Å². The van der Waals surface area contributed by atoms with E-state index in [1.807, 2.05) is 0 Å². The maximum Gasteiger partial charge on any atom is 0.0598 e. The van der Waals surface area contributed by atoms with Crippen molar-refractivity contribution in [2.45, 2.75) is 88.6 Å². The van der Waals surface area contributed by atoms with Gasteiger partial charge in [-0.15, -0.1) is 0 Å². The van der Waals surface area contributed by atoms with Gasteiger partial charge in [0.05, 0.1) is 13.7 Å². The van der Waals surface area contributed by atoms with Gasteiger partial charge >= 0.3 is 0 Å². The van der Waals surface area contributed by atoms with Crippen LogP contribution in [0.4, 0.5) is 0 Å². The van der Waals surface area contributed by atoms with Gasteiger partial charge in [-0.3, -0.25) is 0 Å². The first-order chi connectivity index (χ1) is 25.8. The lowest BCUT2D eigenvalue weighted by Crippen LogP contribution is -2.49. The Morgan fingerprint density at radius 2 is 0.943 bits per heavy atom. The van der Waals surface area contributed by atoms with Gasteiger partial charge in [0.25, 0.3) is 0 Å². The second-order valence-corrected chi connectivity index (χ2v) is 23.2. The zero-order chi connectivity index (χ0) is 36.4. The van der Waals surface area contributed by atoms with Crippen LogP contribution >= 0.6 is 0 Å². The molecular formula is C51H62OSi. The van der Waals surface area contributed by atoms with E-state index in [-0.39, 0.29) is 5.60 Å². The first-order valence-corrected chi connectivity index (χ1v) is 23.8. The van der Waals surface area contributed by atoms with E-state index in [4.69, 9.17) is 4.74 Å². The predicted molar refractivity (Wildman–Crippen MR) is 227 cm³/mol. The van der Waals surface area contributed by atoms with Crippen LogP contribution in [0.5, 0.6) is 0 Å². The van der Waals surface area contributed by atoms with Crippen LogP contribution in [-0.4, -0.2) is 20.3 Å². The molecule has 2 aromatic rings. The Labute approximate surface area is 322 Å². The van der Waals surface area contributed by atoms with Crippen LogP contribution in [0.3, 0.4) is 0 Å². The van der Waals surface area contributed by atoms with E-state index in [2.05, 4.69) is 173 Å². The van der Waals surface area contributed by atoms with Crippen molar-refractivity contribution < 1.29 is 4.74 Å². The number of benzene rings is 2. The first kappa shape index (κ1) is 36.5. The Kier molecular flexibility index (Phi) is 10.8. The summed E-state index contributed by atoms with van der Waals surface area (Å²) in [6.45, 7) is 10.3. The van der Waals surface area contributed by atoms with Crippen LogP contribution in [0.1, 0.15) is 57.6 Å². The lowest BCUT2D eigenvalue weighted by molar-refractivity contribution is -0.00471. The Bertz CT molecular complexity index is 1690. The summed E-state index contributed by atoms with van der Waals surface area (Å²) in [6.07, 6.45) is 43.1. The summed E-state index contributed by atoms with van der Waals surface area (Å²) in [5.41, 5.74) is 7.29. The van der Waals surface area contributed by atoms with E-state index in [0.29, 0.717) is 47.3 Å². The van der Waals surface area contributed by atoms with Crippen LogP contribution in [0.15, 0.2) is 157 Å². The highest BCUT2D eigenvalue weighted by Crippen LogP contribution is 2.68. The fraction of sp³-hybridized carbons (Fsp3) is 0.451. The number of ether oxygens (including phenoxy) is 1. The van der Waals surface area contributed by atoms with Gasteiger partial charge in [0.1, 0.15) is 0 Å². The number of fused-ring (bicyclic) bond motifs is 6. The van der Waals surface area contributed by atoms with E-state index >= 15 is 0 Å². The molecule has 53 heavy (non-hydrogen) atoms. The monoisotopic (exact) mass is 718 g/mol. The van der Waals surface area contributed by atoms with Crippen molar-refractivity contribution in [2.75, 3.05) is 6.61 Å². The molecule has 10 unspecified atom stereocenters. The van der Waals surface area contributed by atoms with Crippen LogP contribution in [0, 0.1) is 47.3 Å². The van der Waals surface area contributed by atoms with Gasteiger partial charge in [-0.2, -0.15) is 0 Å². The minimum Gasteiger partial charge on any atom is -0.376 e. The van der Waals surface area contributed by atoms with Crippen molar-refractivity contribution in [1.82, 2.24) is 0 Å². The molecule has 0 bridgehead atoms. The summed E-state index contributed by atoms with van der Waals surface area (Å²) >= 11 is 0. The molecule has 0 amide bonds. The van der Waals surface area contributed by atoms with Gasteiger partial charge in [-0.1, -0.05) is 178 Å². The van der Waals surface area contributed by atoms with Gasteiger partial charge in [0.15, 0.2) is 0 Å². The third kappa shape index (κ3) is 7.74. The molecule has 2 fully saturated rings. The average molecular weight is 719 g/mol. The molecule has 0 spiro atoms. The lowest BCUT2D eigenvalue weighted by atomic mass is 9.81. The highest BCUT2D eigenvalue weighted by atomic mass is 28.3. The van der Waals surface area contributed by atoms with Gasteiger partial charge < -0.3 is 4.74 Å². The first-order valence-electron chi connectivity index (χ1n) is 21.0. The number of unbranched alkanes of at least 4 members (excludes halogenated alkanes) is 3. The molecule has 276 valence electrons. The minimum absolute atomic E-state index is 0.0524. The highest BCUT2D eigenvalue weighted by Gasteiger charge is 2.63. The largest absolute Gasteiger partial charge is 0.376 e. The second kappa shape index (κ2) is 15.7. The molecule has 0 N–H and O–H groups in total. The Hall–Kier alpha value is -3.46. The molecule has 0 saturated heterocycles. The maximum atomic E-state index is 6.14. The van der Waals surface area contributed by atoms with Gasteiger partial charge in [0, 0.05) is 6.61 Å². The minimum atomic E-state index is -2.02. The van der Waals surface area contributed by atoms with E-state index in [1.54, 1.807) is 0 Å². The van der Waals surface area contributed by atoms with E-state index in [9.17, 15) is 0 Å². The van der Waals surface area contributed by atoms with Crippen molar-refractivity contribution in [1.29, 1.82) is 0 Å². The summed E-state index contributed by atoms with van der Waals surface area (Å²) in [5.74, 6) is 4.85. The topological polar surface area (TPSA) is 9.23 Å². The summed E-state index contributed by atoms with van der Waals surface area (Å²) < 4.78 is 6.14. The molecule has 0 aromatic heterocycles. The van der Waals surface area contributed by atoms with E-state index in [1.165, 1.54) is 54.0 Å². The van der Waals surface area contributed by atoms with Crippen molar-refractivity contribution in [3.8, 4) is 0 Å². The molecule has 0 aliphatic heterocycles. The smallest absolute Gasteiger partial charge is 0.0598 e. The zero-order valence-electron chi connectivity index (χ0n) is 32.7. The maximum absolute atomic E-state index is 6.14. The molecule has 8 rings (SSSR count). The number of hydrogen-bond acceptors (Lipinski definition) is 1. The molecule has 2 aromatic carbocycles.